The lowest BCUT2D eigenvalue weighted by molar-refractivity contribution is 0.415. The second-order valence-corrected chi connectivity index (χ2v) is 6.86. The third-order valence-electron chi connectivity index (χ3n) is 4.87. The number of para-hydroxylation sites is 1. The molecule has 0 aliphatic carbocycles. The fourth-order valence-electron chi connectivity index (χ4n) is 3.41. The molecule has 0 atom stereocenters. The van der Waals surface area contributed by atoms with Crippen LogP contribution >= 0.6 is 0 Å². The number of aromatic nitrogens is 2. The molecule has 0 unspecified atom stereocenters. The maximum atomic E-state index is 5.30. The molecule has 1 saturated heterocycles. The zero-order chi connectivity index (χ0) is 19.3. The Labute approximate surface area is 165 Å². The Hall–Kier alpha value is -3.28. The first-order valence-electron chi connectivity index (χ1n) is 9.53. The van der Waals surface area contributed by atoms with Crippen molar-refractivity contribution in [3.05, 3.63) is 66.4 Å². The Bertz CT molecular complexity index is 923. The minimum Gasteiger partial charge on any atom is -0.497 e. The minimum atomic E-state index is 0.776. The third-order valence-corrected chi connectivity index (χ3v) is 4.87. The molecule has 1 N–H and O–H groups in total. The number of hydrogen-bond acceptors (Lipinski definition) is 6. The predicted molar refractivity (Wildman–Crippen MR) is 114 cm³/mol. The number of aryl methyl sites for hydroxylation is 1. The lowest BCUT2D eigenvalue weighted by atomic mass is 10.2. The summed E-state index contributed by atoms with van der Waals surface area (Å²) in [5, 5.41) is 3.37. The van der Waals surface area contributed by atoms with Gasteiger partial charge in [-0.1, -0.05) is 24.3 Å². The van der Waals surface area contributed by atoms with E-state index in [4.69, 9.17) is 9.72 Å². The highest BCUT2D eigenvalue weighted by molar-refractivity contribution is 5.60. The predicted octanol–water partition coefficient (Wildman–Crippen LogP) is 3.86. The van der Waals surface area contributed by atoms with Crippen molar-refractivity contribution in [2.45, 2.75) is 6.92 Å². The molecule has 0 radical (unpaired) electrons. The number of anilines is 4. The molecule has 2 heterocycles. The quantitative estimate of drug-likeness (QED) is 0.731. The van der Waals surface area contributed by atoms with Crippen LogP contribution in [0, 0.1) is 6.92 Å². The number of methoxy groups -OCH3 is 1. The van der Waals surface area contributed by atoms with Crippen LogP contribution in [0.2, 0.25) is 0 Å². The number of hydrogen-bond donors (Lipinski definition) is 1. The number of rotatable bonds is 5. The van der Waals surface area contributed by atoms with Crippen LogP contribution in [0.15, 0.2) is 60.7 Å². The van der Waals surface area contributed by atoms with Crippen LogP contribution in [0.25, 0.3) is 0 Å². The largest absolute Gasteiger partial charge is 0.497 e. The molecule has 0 saturated carbocycles. The lowest BCUT2D eigenvalue weighted by Crippen LogP contribution is -2.47. The SMILES string of the molecule is COc1cccc(Nc2cc(C)nc(N3CCN(c4ccccc4)CC3)n2)c1. The zero-order valence-electron chi connectivity index (χ0n) is 16.3. The second-order valence-electron chi connectivity index (χ2n) is 6.86. The van der Waals surface area contributed by atoms with Crippen LogP contribution in [-0.4, -0.2) is 43.3 Å². The van der Waals surface area contributed by atoms with Crippen molar-refractivity contribution in [1.82, 2.24) is 9.97 Å². The molecule has 1 fully saturated rings. The number of piperazine rings is 1. The molecule has 144 valence electrons. The molecule has 0 spiro atoms. The van der Waals surface area contributed by atoms with Gasteiger partial charge in [0.2, 0.25) is 5.95 Å². The number of nitrogens with one attached hydrogen (secondary N) is 1. The molecular formula is C22H25N5O. The van der Waals surface area contributed by atoms with Gasteiger partial charge in [0.25, 0.3) is 0 Å². The van der Waals surface area contributed by atoms with Crippen molar-refractivity contribution in [1.29, 1.82) is 0 Å². The lowest BCUT2D eigenvalue weighted by Gasteiger charge is -2.36. The topological polar surface area (TPSA) is 53.5 Å². The van der Waals surface area contributed by atoms with Crippen LogP contribution in [-0.2, 0) is 0 Å². The van der Waals surface area contributed by atoms with Crippen molar-refractivity contribution in [2.24, 2.45) is 0 Å². The fourth-order valence-corrected chi connectivity index (χ4v) is 3.41. The summed E-state index contributed by atoms with van der Waals surface area (Å²) < 4.78 is 5.30. The molecule has 1 aromatic heterocycles. The van der Waals surface area contributed by atoms with Gasteiger partial charge in [-0.15, -0.1) is 0 Å². The minimum absolute atomic E-state index is 0.776. The Kier molecular flexibility index (Phi) is 5.28. The summed E-state index contributed by atoms with van der Waals surface area (Å²) >= 11 is 0. The fraction of sp³-hybridized carbons (Fsp3) is 0.273. The van der Waals surface area contributed by atoms with Gasteiger partial charge in [0.15, 0.2) is 0 Å². The molecule has 6 heteroatoms. The van der Waals surface area contributed by atoms with Gasteiger partial charge in [-0.3, -0.25) is 0 Å². The van der Waals surface area contributed by atoms with Crippen LogP contribution in [0.5, 0.6) is 5.75 Å². The van der Waals surface area contributed by atoms with Crippen molar-refractivity contribution in [3.8, 4) is 5.75 Å². The molecule has 1 aliphatic heterocycles. The van der Waals surface area contributed by atoms with Crippen LogP contribution in [0.4, 0.5) is 23.1 Å². The summed E-state index contributed by atoms with van der Waals surface area (Å²) in [7, 11) is 1.67. The van der Waals surface area contributed by atoms with E-state index in [2.05, 4.69) is 50.4 Å². The maximum absolute atomic E-state index is 5.30. The van der Waals surface area contributed by atoms with E-state index in [9.17, 15) is 0 Å². The van der Waals surface area contributed by atoms with Crippen LogP contribution < -0.4 is 19.9 Å². The molecule has 2 aromatic carbocycles. The van der Waals surface area contributed by atoms with E-state index in [0.29, 0.717) is 0 Å². The van der Waals surface area contributed by atoms with Crippen molar-refractivity contribution in [2.75, 3.05) is 48.4 Å². The zero-order valence-corrected chi connectivity index (χ0v) is 16.3. The number of ether oxygens (including phenoxy) is 1. The Balaban J connectivity index is 1.47. The highest BCUT2D eigenvalue weighted by Gasteiger charge is 2.20. The smallest absolute Gasteiger partial charge is 0.227 e. The van der Waals surface area contributed by atoms with E-state index < -0.39 is 0 Å². The van der Waals surface area contributed by atoms with Crippen LogP contribution in [0.1, 0.15) is 5.69 Å². The van der Waals surface area contributed by atoms with Crippen molar-refractivity contribution >= 4 is 23.1 Å². The molecule has 6 nitrogen and oxygen atoms in total. The summed E-state index contributed by atoms with van der Waals surface area (Å²) in [6.45, 7) is 5.72. The van der Waals surface area contributed by atoms with Gasteiger partial charge in [0, 0.05) is 55.4 Å². The second kappa shape index (κ2) is 8.17. The van der Waals surface area contributed by atoms with Gasteiger partial charge in [-0.25, -0.2) is 4.98 Å². The summed E-state index contributed by atoms with van der Waals surface area (Å²) in [6.07, 6.45) is 0. The summed E-state index contributed by atoms with van der Waals surface area (Å²) in [6, 6.07) is 20.3. The summed E-state index contributed by atoms with van der Waals surface area (Å²) in [5.41, 5.74) is 3.16. The molecular weight excluding hydrogens is 350 g/mol. The highest BCUT2D eigenvalue weighted by Crippen LogP contribution is 2.23. The number of benzene rings is 2. The Morgan fingerprint density at radius 1 is 0.857 bits per heavy atom. The third kappa shape index (κ3) is 4.17. The van der Waals surface area contributed by atoms with Crippen molar-refractivity contribution in [3.63, 3.8) is 0 Å². The first kappa shape index (κ1) is 18.1. The van der Waals surface area contributed by atoms with E-state index in [-0.39, 0.29) is 0 Å². The molecule has 3 aromatic rings. The molecule has 4 rings (SSSR count). The molecule has 0 amide bonds. The average molecular weight is 375 g/mol. The van der Waals surface area contributed by atoms with Crippen molar-refractivity contribution < 1.29 is 4.74 Å². The van der Waals surface area contributed by atoms with E-state index in [1.165, 1.54) is 5.69 Å². The average Bonchev–Trinajstić information content (AvgIpc) is 2.74. The van der Waals surface area contributed by atoms with Gasteiger partial charge in [0.05, 0.1) is 7.11 Å². The molecule has 28 heavy (non-hydrogen) atoms. The summed E-state index contributed by atoms with van der Waals surface area (Å²) in [4.78, 5) is 14.1. The molecule has 1 aliphatic rings. The monoisotopic (exact) mass is 375 g/mol. The Morgan fingerprint density at radius 3 is 2.36 bits per heavy atom. The maximum Gasteiger partial charge on any atom is 0.227 e. The van der Waals surface area contributed by atoms with Gasteiger partial charge in [-0.05, 0) is 31.2 Å². The van der Waals surface area contributed by atoms with E-state index in [1.807, 2.05) is 37.3 Å². The summed E-state index contributed by atoms with van der Waals surface area (Å²) in [5.74, 6) is 2.38. The highest BCUT2D eigenvalue weighted by atomic mass is 16.5. The first-order chi connectivity index (χ1) is 13.7. The van der Waals surface area contributed by atoms with Crippen LogP contribution in [0.3, 0.4) is 0 Å². The van der Waals surface area contributed by atoms with E-state index >= 15 is 0 Å². The van der Waals surface area contributed by atoms with Gasteiger partial charge in [0.1, 0.15) is 11.6 Å². The standard InChI is InChI=1S/C22H25N5O/c1-17-15-21(24-18-7-6-10-20(16-18)28-2)25-22(23-17)27-13-11-26(12-14-27)19-8-4-3-5-9-19/h3-10,15-16H,11-14H2,1-2H3,(H,23,24,25). The number of nitrogens with zero attached hydrogens (tertiary/aromatic N) is 4. The van der Waals surface area contributed by atoms with Gasteiger partial charge < -0.3 is 19.9 Å². The first-order valence-corrected chi connectivity index (χ1v) is 9.53. The van der Waals surface area contributed by atoms with E-state index in [1.54, 1.807) is 7.11 Å². The van der Waals surface area contributed by atoms with Gasteiger partial charge >= 0.3 is 0 Å². The Morgan fingerprint density at radius 2 is 1.61 bits per heavy atom. The van der Waals surface area contributed by atoms with Gasteiger partial charge in [-0.2, -0.15) is 4.98 Å². The normalized spacial score (nSPS) is 14.1. The molecule has 0 bridgehead atoms. The van der Waals surface area contributed by atoms with E-state index in [0.717, 1.165) is 55.1 Å².